The summed E-state index contributed by atoms with van der Waals surface area (Å²) >= 11 is 0. The maximum Gasteiger partial charge on any atom is 0.255 e. The fourth-order valence-electron chi connectivity index (χ4n) is 8.22. The van der Waals surface area contributed by atoms with Crippen molar-refractivity contribution in [2.24, 2.45) is 50.2 Å². The Morgan fingerprint density at radius 2 is 1.10 bits per heavy atom. The van der Waals surface area contributed by atoms with Gasteiger partial charge in [-0.15, -0.1) is 0 Å². The van der Waals surface area contributed by atoms with E-state index in [4.69, 9.17) is 0 Å². The third-order valence-corrected chi connectivity index (χ3v) is 12.0. The summed E-state index contributed by atoms with van der Waals surface area (Å²) in [5, 5.41) is 0. The highest BCUT2D eigenvalue weighted by Gasteiger charge is 2.50. The lowest BCUT2D eigenvalue weighted by molar-refractivity contribution is -0.475. The van der Waals surface area contributed by atoms with Gasteiger partial charge in [-0.1, -0.05) is 152 Å². The van der Waals surface area contributed by atoms with Crippen LogP contribution in [0.15, 0.2) is 72.8 Å². The fourth-order valence-corrected chi connectivity index (χ4v) is 8.22. The van der Waals surface area contributed by atoms with Crippen molar-refractivity contribution in [3.63, 3.8) is 0 Å². The average molecular weight is 661 g/mol. The summed E-state index contributed by atoms with van der Waals surface area (Å²) in [6.45, 7) is 36.3. The zero-order valence-corrected chi connectivity index (χ0v) is 33.6. The van der Waals surface area contributed by atoms with Crippen LogP contribution < -0.4 is 0 Å². The standard InChI is InChI=1S/C44H72N2O2/c1-34(32-45(47)36-23-18-16-19-24-36)38(40(5,6)7)44(14,15)43(12,13)29-22-28-41(8,9)42(10,11)30-27-35(31-39(2,3)4)33-46(48)37-25-20-17-21-26-37/h16-26,28,34-35,38H,27,29-33H2,1-15H3/q+2/b28-22-/t34?,35-,38?/m1/s1. The molecule has 4 nitrogen and oxygen atoms in total. The molecule has 4 heteroatoms. The van der Waals surface area contributed by atoms with E-state index < -0.39 is 0 Å². The van der Waals surface area contributed by atoms with Crippen LogP contribution in [-0.2, 0) is 0 Å². The zero-order valence-electron chi connectivity index (χ0n) is 33.6. The lowest BCUT2D eigenvalue weighted by atomic mass is 9.51. The van der Waals surface area contributed by atoms with Gasteiger partial charge in [0.25, 0.3) is 11.4 Å². The molecule has 3 atom stereocenters. The van der Waals surface area contributed by atoms with E-state index in [1.54, 1.807) is 0 Å². The number of benzene rings is 2. The predicted octanol–water partition coefficient (Wildman–Crippen LogP) is 13.4. The molecule has 0 radical (unpaired) electrons. The molecule has 0 fully saturated rings. The molecule has 0 saturated carbocycles. The molecule has 0 aliphatic heterocycles. The lowest BCUT2D eigenvalue weighted by Gasteiger charge is -2.53. The minimum atomic E-state index is -0.0324. The highest BCUT2D eigenvalue weighted by Crippen LogP contribution is 2.56. The Morgan fingerprint density at radius 1 is 0.646 bits per heavy atom. The fraction of sp³-hybridized carbons (Fsp3) is 0.682. The topological polar surface area (TPSA) is 40.2 Å². The Hall–Kier alpha value is -2.62. The van der Waals surface area contributed by atoms with Crippen molar-refractivity contribution in [3.05, 3.63) is 82.6 Å². The van der Waals surface area contributed by atoms with E-state index in [1.807, 2.05) is 60.7 Å². The van der Waals surface area contributed by atoms with E-state index in [-0.39, 0.29) is 38.4 Å². The first-order valence-corrected chi connectivity index (χ1v) is 18.5. The normalized spacial score (nSPS) is 15.7. The van der Waals surface area contributed by atoms with Crippen LogP contribution in [0.4, 0.5) is 11.4 Å². The summed E-state index contributed by atoms with van der Waals surface area (Å²) in [7, 11) is 0. The monoisotopic (exact) mass is 661 g/mol. The number of hydrogen-bond acceptors (Lipinski definition) is 2. The van der Waals surface area contributed by atoms with E-state index in [1.165, 1.54) is 9.52 Å². The first kappa shape index (κ1) is 41.6. The summed E-state index contributed by atoms with van der Waals surface area (Å²) in [6.07, 6.45) is 8.96. The van der Waals surface area contributed by atoms with Crippen molar-refractivity contribution in [3.8, 4) is 0 Å². The molecule has 268 valence electrons. The first-order valence-electron chi connectivity index (χ1n) is 18.5. The van der Waals surface area contributed by atoms with Crippen LogP contribution in [0.3, 0.4) is 0 Å². The summed E-state index contributed by atoms with van der Waals surface area (Å²) < 4.78 is 2.37. The average Bonchev–Trinajstić information content (AvgIpc) is 2.94. The second kappa shape index (κ2) is 15.9. The molecule has 0 amide bonds. The van der Waals surface area contributed by atoms with Crippen molar-refractivity contribution in [1.29, 1.82) is 0 Å². The van der Waals surface area contributed by atoms with Crippen LogP contribution in [0.2, 0.25) is 0 Å². The Kier molecular flexibility index (Phi) is 13.8. The largest absolute Gasteiger partial charge is 0.255 e. The number of allylic oxidation sites excluding steroid dienone is 2. The molecule has 2 unspecified atom stereocenters. The summed E-state index contributed by atoms with van der Waals surface area (Å²) in [4.78, 5) is 26.3. The molecule has 0 spiro atoms. The van der Waals surface area contributed by atoms with Gasteiger partial charge in [0, 0.05) is 55.4 Å². The minimum absolute atomic E-state index is 0.00319. The molecule has 0 saturated heterocycles. The van der Waals surface area contributed by atoms with Gasteiger partial charge in [0.15, 0.2) is 0 Å². The van der Waals surface area contributed by atoms with Crippen molar-refractivity contribution < 1.29 is 9.52 Å². The Bertz CT molecular complexity index is 1340. The molecule has 2 aromatic rings. The predicted molar refractivity (Wildman–Crippen MR) is 207 cm³/mol. The van der Waals surface area contributed by atoms with Crippen LogP contribution in [0.25, 0.3) is 0 Å². The van der Waals surface area contributed by atoms with E-state index in [0.29, 0.717) is 24.9 Å². The van der Waals surface area contributed by atoms with Crippen LogP contribution in [0.5, 0.6) is 0 Å². The van der Waals surface area contributed by atoms with Gasteiger partial charge in [0.2, 0.25) is 13.1 Å². The molecule has 0 bridgehead atoms. The number of nitrogens with zero attached hydrogens (tertiary/aromatic N) is 2. The van der Waals surface area contributed by atoms with E-state index >= 15 is 0 Å². The van der Waals surface area contributed by atoms with Crippen molar-refractivity contribution in [1.82, 2.24) is 0 Å². The van der Waals surface area contributed by atoms with Gasteiger partial charge in [0.05, 0.1) is 0 Å². The molecule has 2 rings (SSSR count). The van der Waals surface area contributed by atoms with Gasteiger partial charge < -0.3 is 0 Å². The highest BCUT2D eigenvalue weighted by atomic mass is 16.3. The number of rotatable bonds is 17. The van der Waals surface area contributed by atoms with E-state index in [0.717, 1.165) is 37.1 Å². The smallest absolute Gasteiger partial charge is 0.0874 e. The van der Waals surface area contributed by atoms with Crippen LogP contribution in [0.1, 0.15) is 130 Å². The number of nitroso groups, excluding NO2 is 2. The summed E-state index contributed by atoms with van der Waals surface area (Å²) in [5.41, 5.74) is 1.67. The quantitative estimate of drug-likeness (QED) is 0.125. The molecule has 0 aliphatic rings. The SMILES string of the molecule is CC(C[N+](=O)c1ccccc1)C(C(C)(C)C)C(C)(C)C(C)(C)C/C=C\C(C)(C)C(C)(C)CC[C@@H](C[N+](=O)c1ccccc1)CC(C)(C)C. The molecule has 0 aliphatic carbocycles. The van der Waals surface area contributed by atoms with Crippen molar-refractivity contribution in [2.45, 2.75) is 130 Å². The molecular weight excluding hydrogens is 588 g/mol. The molecule has 0 aromatic heterocycles. The second-order valence-corrected chi connectivity index (χ2v) is 19.6. The van der Waals surface area contributed by atoms with Crippen LogP contribution in [-0.4, -0.2) is 22.6 Å². The van der Waals surface area contributed by atoms with Gasteiger partial charge in [-0.3, -0.25) is 0 Å². The Labute approximate surface area is 295 Å². The molecule has 48 heavy (non-hydrogen) atoms. The summed E-state index contributed by atoms with van der Waals surface area (Å²) in [5.74, 6) is 0.864. The molecule has 2 aromatic carbocycles. The second-order valence-electron chi connectivity index (χ2n) is 19.6. The van der Waals surface area contributed by atoms with E-state index in [2.05, 4.69) is 116 Å². The van der Waals surface area contributed by atoms with Gasteiger partial charge in [-0.2, -0.15) is 0 Å². The maximum atomic E-state index is 13.2. The summed E-state index contributed by atoms with van der Waals surface area (Å²) in [6, 6.07) is 19.3. The van der Waals surface area contributed by atoms with Gasteiger partial charge in [-0.05, 0) is 64.1 Å². The van der Waals surface area contributed by atoms with Gasteiger partial charge in [0.1, 0.15) is 0 Å². The van der Waals surface area contributed by atoms with E-state index in [9.17, 15) is 9.81 Å². The molecule has 0 N–H and O–H groups in total. The highest BCUT2D eigenvalue weighted by molar-refractivity contribution is 5.28. The lowest BCUT2D eigenvalue weighted by Crippen LogP contribution is -2.48. The number of para-hydroxylation sites is 2. The van der Waals surface area contributed by atoms with Crippen LogP contribution >= 0.6 is 0 Å². The third kappa shape index (κ3) is 11.5. The van der Waals surface area contributed by atoms with Crippen molar-refractivity contribution >= 4 is 11.4 Å². The minimum Gasteiger partial charge on any atom is -0.0874 e. The maximum absolute atomic E-state index is 13.2. The number of hydrogen-bond donors (Lipinski definition) is 0. The van der Waals surface area contributed by atoms with Crippen LogP contribution in [0, 0.1) is 60.1 Å². The van der Waals surface area contributed by atoms with Crippen molar-refractivity contribution in [2.75, 3.05) is 13.1 Å². The van der Waals surface area contributed by atoms with Gasteiger partial charge in [-0.25, -0.2) is 0 Å². The van der Waals surface area contributed by atoms with Gasteiger partial charge >= 0.3 is 0 Å². The first-order chi connectivity index (χ1) is 21.8. The Balaban J connectivity index is 2.19. The molecule has 0 heterocycles. The third-order valence-electron chi connectivity index (χ3n) is 12.0. The molecular formula is C44H72N2O2+2. The Morgan fingerprint density at radius 3 is 1.54 bits per heavy atom. The zero-order chi connectivity index (χ0) is 36.8.